The number of nitrogens with zero attached hydrogens (tertiary/aromatic N) is 2. The van der Waals surface area contributed by atoms with Gasteiger partial charge in [0.25, 0.3) is 0 Å². The molecule has 0 heterocycles. The molecule has 1 atom stereocenters. The molecule has 9 heteroatoms. The fourth-order valence-corrected chi connectivity index (χ4v) is 5.62. The molecule has 0 aromatic heterocycles. The number of benzene rings is 3. The Kier molecular flexibility index (Phi) is 10.5. The van der Waals surface area contributed by atoms with Crippen LogP contribution in [0.2, 0.25) is 0 Å². The van der Waals surface area contributed by atoms with Crippen molar-refractivity contribution in [1.29, 1.82) is 0 Å². The molecule has 0 saturated carbocycles. The second kappa shape index (κ2) is 13.6. The van der Waals surface area contributed by atoms with E-state index in [2.05, 4.69) is 21.2 Å². The first-order chi connectivity index (χ1) is 18.1. The Labute approximate surface area is 234 Å². The summed E-state index contributed by atoms with van der Waals surface area (Å²) in [6.07, 6.45) is 2.11. The zero-order chi connectivity index (χ0) is 27.7. The summed E-state index contributed by atoms with van der Waals surface area (Å²) < 4.78 is 27.3. The van der Waals surface area contributed by atoms with Crippen molar-refractivity contribution in [2.24, 2.45) is 0 Å². The number of aryl methyl sites for hydroxylation is 1. The van der Waals surface area contributed by atoms with Crippen LogP contribution in [0.25, 0.3) is 0 Å². The Morgan fingerprint density at radius 3 is 2.21 bits per heavy atom. The summed E-state index contributed by atoms with van der Waals surface area (Å²) in [5.74, 6) is -0.744. The molecule has 7 nitrogen and oxygen atoms in total. The van der Waals surface area contributed by atoms with Crippen molar-refractivity contribution in [3.05, 3.63) is 100 Å². The molecule has 0 aliphatic carbocycles. The number of halogens is 1. The molecule has 202 valence electrons. The van der Waals surface area contributed by atoms with Crippen molar-refractivity contribution >= 4 is 43.5 Å². The summed E-state index contributed by atoms with van der Waals surface area (Å²) in [4.78, 5) is 29.0. The minimum Gasteiger partial charge on any atom is -0.354 e. The van der Waals surface area contributed by atoms with Crippen molar-refractivity contribution in [3.63, 3.8) is 0 Å². The average Bonchev–Trinajstić information content (AvgIpc) is 2.89. The lowest BCUT2D eigenvalue weighted by Gasteiger charge is -2.34. The van der Waals surface area contributed by atoms with E-state index in [9.17, 15) is 18.0 Å². The molecule has 38 heavy (non-hydrogen) atoms. The second-order valence-corrected chi connectivity index (χ2v) is 11.9. The van der Waals surface area contributed by atoms with Gasteiger partial charge in [0, 0.05) is 24.0 Å². The molecule has 0 unspecified atom stereocenters. The molecule has 1 N–H and O–H groups in total. The molecule has 0 aliphatic heterocycles. The van der Waals surface area contributed by atoms with Gasteiger partial charge >= 0.3 is 0 Å². The first-order valence-corrected chi connectivity index (χ1v) is 15.1. The molecule has 0 spiro atoms. The highest BCUT2D eigenvalue weighted by Gasteiger charge is 2.33. The molecule has 3 aromatic rings. The highest BCUT2D eigenvalue weighted by molar-refractivity contribution is 9.10. The van der Waals surface area contributed by atoms with Gasteiger partial charge in [-0.25, -0.2) is 8.42 Å². The van der Waals surface area contributed by atoms with Gasteiger partial charge in [-0.3, -0.25) is 13.9 Å². The monoisotopic (exact) mass is 599 g/mol. The number of carbonyl (C=O) groups is 2. The number of carbonyl (C=O) groups excluding carboxylic acids is 2. The first-order valence-electron chi connectivity index (χ1n) is 12.5. The van der Waals surface area contributed by atoms with Crippen molar-refractivity contribution in [2.45, 2.75) is 39.3 Å². The number of rotatable bonds is 12. The number of anilines is 1. The predicted molar refractivity (Wildman–Crippen MR) is 155 cm³/mol. The van der Waals surface area contributed by atoms with Gasteiger partial charge in [0.05, 0.1) is 11.9 Å². The molecule has 3 aromatic carbocycles. The largest absolute Gasteiger partial charge is 0.354 e. The van der Waals surface area contributed by atoms with E-state index in [1.54, 1.807) is 24.3 Å². The summed E-state index contributed by atoms with van der Waals surface area (Å²) in [7, 11) is -3.81. The number of hydrogen-bond acceptors (Lipinski definition) is 4. The molecule has 3 rings (SSSR count). The summed E-state index contributed by atoms with van der Waals surface area (Å²) >= 11 is 3.41. The van der Waals surface area contributed by atoms with Crippen LogP contribution in [-0.4, -0.2) is 50.5 Å². The Bertz CT molecular complexity index is 1350. The molecule has 0 saturated heterocycles. The minimum atomic E-state index is -3.81. The summed E-state index contributed by atoms with van der Waals surface area (Å²) in [6.45, 7) is 4.11. The SMILES string of the molecule is CCCNC(=O)[C@@H](Cc1ccccc1)N(Cc1ccccc1C)C(=O)CN(c1ccccc1Br)S(C)(=O)=O. The molecular weight excluding hydrogens is 566 g/mol. The van der Waals surface area contributed by atoms with E-state index in [-0.39, 0.29) is 12.5 Å². The van der Waals surface area contributed by atoms with Crippen LogP contribution < -0.4 is 9.62 Å². The summed E-state index contributed by atoms with van der Waals surface area (Å²) in [5.41, 5.74) is 3.12. The van der Waals surface area contributed by atoms with Crippen LogP contribution in [0.3, 0.4) is 0 Å². The summed E-state index contributed by atoms with van der Waals surface area (Å²) in [5, 5.41) is 2.94. The predicted octanol–water partition coefficient (Wildman–Crippen LogP) is 4.69. The topological polar surface area (TPSA) is 86.8 Å². The van der Waals surface area contributed by atoms with Crippen LogP contribution in [-0.2, 0) is 32.6 Å². The fourth-order valence-electron chi connectivity index (χ4n) is 4.14. The van der Waals surface area contributed by atoms with Crippen molar-refractivity contribution in [2.75, 3.05) is 23.7 Å². The summed E-state index contributed by atoms with van der Waals surface area (Å²) in [6, 6.07) is 23.2. The van der Waals surface area contributed by atoms with Crippen LogP contribution in [0.4, 0.5) is 5.69 Å². The number of para-hydroxylation sites is 1. The fraction of sp³-hybridized carbons (Fsp3) is 0.310. The van der Waals surface area contributed by atoms with E-state index >= 15 is 0 Å². The van der Waals surface area contributed by atoms with Gasteiger partial charge in [-0.15, -0.1) is 0 Å². The highest BCUT2D eigenvalue weighted by atomic mass is 79.9. The van der Waals surface area contributed by atoms with E-state index in [4.69, 9.17) is 0 Å². The van der Waals surface area contributed by atoms with E-state index in [0.717, 1.165) is 33.7 Å². The lowest BCUT2D eigenvalue weighted by molar-refractivity contribution is -0.140. The van der Waals surface area contributed by atoms with Gasteiger partial charge in [-0.1, -0.05) is 73.7 Å². The van der Waals surface area contributed by atoms with Gasteiger partial charge in [0.1, 0.15) is 12.6 Å². The Hall–Kier alpha value is -3.17. The number of sulfonamides is 1. The second-order valence-electron chi connectivity index (χ2n) is 9.17. The Balaban J connectivity index is 2.06. The third kappa shape index (κ3) is 7.91. The third-order valence-electron chi connectivity index (χ3n) is 6.22. The number of amides is 2. The van der Waals surface area contributed by atoms with Gasteiger partial charge in [0.2, 0.25) is 21.8 Å². The van der Waals surface area contributed by atoms with Gasteiger partial charge < -0.3 is 10.2 Å². The van der Waals surface area contributed by atoms with Crippen LogP contribution in [0.15, 0.2) is 83.3 Å². The van der Waals surface area contributed by atoms with Crippen molar-refractivity contribution < 1.29 is 18.0 Å². The van der Waals surface area contributed by atoms with E-state index in [0.29, 0.717) is 23.1 Å². The minimum absolute atomic E-state index is 0.163. The molecule has 0 fully saturated rings. The van der Waals surface area contributed by atoms with Gasteiger partial charge in [-0.05, 0) is 58.1 Å². The Morgan fingerprint density at radius 1 is 0.947 bits per heavy atom. The maximum Gasteiger partial charge on any atom is 0.244 e. The third-order valence-corrected chi connectivity index (χ3v) is 8.02. The zero-order valence-electron chi connectivity index (χ0n) is 21.9. The normalized spacial score (nSPS) is 12.0. The quantitative estimate of drug-likeness (QED) is 0.327. The number of nitrogens with one attached hydrogen (secondary N) is 1. The lowest BCUT2D eigenvalue weighted by Crippen LogP contribution is -2.53. The molecule has 0 aliphatic rings. The lowest BCUT2D eigenvalue weighted by atomic mass is 10.0. The first kappa shape index (κ1) is 29.4. The van der Waals surface area contributed by atoms with E-state index < -0.39 is 28.5 Å². The van der Waals surface area contributed by atoms with E-state index in [1.807, 2.05) is 68.4 Å². The van der Waals surface area contributed by atoms with Crippen LogP contribution >= 0.6 is 15.9 Å². The zero-order valence-corrected chi connectivity index (χ0v) is 24.3. The van der Waals surface area contributed by atoms with Crippen LogP contribution in [0, 0.1) is 6.92 Å². The van der Waals surface area contributed by atoms with E-state index in [1.165, 1.54) is 4.90 Å². The van der Waals surface area contributed by atoms with Crippen molar-refractivity contribution in [3.8, 4) is 0 Å². The smallest absolute Gasteiger partial charge is 0.244 e. The maximum absolute atomic E-state index is 14.0. The molecular formula is C29H34BrN3O4S. The molecule has 0 radical (unpaired) electrons. The van der Waals surface area contributed by atoms with Gasteiger partial charge in [0.15, 0.2) is 0 Å². The Morgan fingerprint density at radius 2 is 1.58 bits per heavy atom. The average molecular weight is 601 g/mol. The molecule has 0 bridgehead atoms. The molecule has 2 amide bonds. The maximum atomic E-state index is 14.0. The van der Waals surface area contributed by atoms with Crippen LogP contribution in [0.1, 0.15) is 30.0 Å². The van der Waals surface area contributed by atoms with Crippen molar-refractivity contribution in [1.82, 2.24) is 10.2 Å². The van der Waals surface area contributed by atoms with Crippen LogP contribution in [0.5, 0.6) is 0 Å². The standard InChI is InChI=1S/C29H34BrN3O4S/c1-4-18-31-29(35)27(19-23-13-6-5-7-14-23)32(20-24-15-9-8-12-22(24)2)28(34)21-33(38(3,36)37)26-17-11-10-16-25(26)30/h5-17,27H,4,18-21H2,1-3H3,(H,31,35)/t27-/m1/s1. The van der Waals surface area contributed by atoms with Gasteiger partial charge in [-0.2, -0.15) is 0 Å². The number of hydrogen-bond donors (Lipinski definition) is 1. The highest BCUT2D eigenvalue weighted by Crippen LogP contribution is 2.28.